The molecule has 0 bridgehead atoms. The van der Waals surface area contributed by atoms with Crippen LogP contribution in [0.1, 0.15) is 21.6 Å². The molecule has 4 aromatic rings. The van der Waals surface area contributed by atoms with E-state index in [4.69, 9.17) is 5.11 Å². The molecule has 0 saturated heterocycles. The standard InChI is InChI=1S/C22H15F4N5O4/c23-12-2-1-3-13(6-12)28-21(35)27-9-11-4-5-31(10-11)17-8-16-15(7-14(17)22(24,25)26)30-19(32)18(29-16)20(33)34/h1-8,10H,9H2,(H,30,32)(H,33,34)(H2,27,28,35). The zero-order chi connectivity index (χ0) is 25.3. The second-order valence-corrected chi connectivity index (χ2v) is 7.35. The number of aromatic carboxylic acids is 1. The van der Waals surface area contributed by atoms with Gasteiger partial charge in [-0.05, 0) is 42.0 Å². The highest BCUT2D eigenvalue weighted by Crippen LogP contribution is 2.36. The monoisotopic (exact) mass is 489 g/mol. The number of urea groups is 1. The number of carboxylic acid groups (broad SMARTS) is 1. The van der Waals surface area contributed by atoms with Gasteiger partial charge in [-0.15, -0.1) is 0 Å². The lowest BCUT2D eigenvalue weighted by atomic mass is 10.1. The SMILES string of the molecule is O=C(NCc1ccn(-c2cc3nc(C(=O)O)c(=O)[nH]c3cc2C(F)(F)F)c1)Nc1cccc(F)c1. The molecule has 0 atom stereocenters. The summed E-state index contributed by atoms with van der Waals surface area (Å²) in [6, 6.07) is 7.72. The van der Waals surface area contributed by atoms with Crippen molar-refractivity contribution in [2.24, 2.45) is 0 Å². The number of amides is 2. The molecular formula is C22H15F4N5O4. The maximum atomic E-state index is 13.8. The molecule has 2 amide bonds. The third-order valence-electron chi connectivity index (χ3n) is 4.89. The molecule has 2 aromatic heterocycles. The Labute approximate surface area is 193 Å². The highest BCUT2D eigenvalue weighted by molar-refractivity contribution is 5.89. The van der Waals surface area contributed by atoms with Crippen molar-refractivity contribution in [3.8, 4) is 5.69 Å². The number of aromatic amines is 1. The number of halogens is 4. The number of alkyl halides is 3. The summed E-state index contributed by atoms with van der Waals surface area (Å²) in [6.07, 6.45) is -2.15. The lowest BCUT2D eigenvalue weighted by Crippen LogP contribution is -2.28. The fraction of sp³-hybridized carbons (Fsp3) is 0.0909. The predicted molar refractivity (Wildman–Crippen MR) is 116 cm³/mol. The van der Waals surface area contributed by atoms with E-state index < -0.39 is 40.8 Å². The molecule has 0 saturated carbocycles. The first-order chi connectivity index (χ1) is 16.5. The van der Waals surface area contributed by atoms with Crippen molar-refractivity contribution in [3.63, 3.8) is 0 Å². The van der Waals surface area contributed by atoms with Crippen molar-refractivity contribution in [2.75, 3.05) is 5.32 Å². The number of benzene rings is 2. The minimum Gasteiger partial charge on any atom is -0.476 e. The second kappa shape index (κ2) is 8.93. The molecule has 0 fully saturated rings. The van der Waals surface area contributed by atoms with Gasteiger partial charge in [0.15, 0.2) is 0 Å². The summed E-state index contributed by atoms with van der Waals surface area (Å²) in [7, 11) is 0. The summed E-state index contributed by atoms with van der Waals surface area (Å²) in [6.45, 7) is -0.0577. The van der Waals surface area contributed by atoms with Crippen molar-refractivity contribution < 1.29 is 32.3 Å². The number of carbonyl (C=O) groups excluding carboxylic acids is 1. The number of nitrogens with zero attached hydrogens (tertiary/aromatic N) is 2. The van der Waals surface area contributed by atoms with Crippen LogP contribution in [-0.2, 0) is 12.7 Å². The summed E-state index contributed by atoms with van der Waals surface area (Å²) in [5, 5.41) is 14.0. The smallest absolute Gasteiger partial charge is 0.418 e. The van der Waals surface area contributed by atoms with E-state index in [1.807, 2.05) is 0 Å². The Morgan fingerprint density at radius 3 is 2.60 bits per heavy atom. The Balaban J connectivity index is 1.62. The topological polar surface area (TPSA) is 129 Å². The lowest BCUT2D eigenvalue weighted by Gasteiger charge is -2.15. The quantitative estimate of drug-likeness (QED) is 0.316. The number of carbonyl (C=O) groups is 2. The van der Waals surface area contributed by atoms with Crippen LogP contribution in [0.15, 0.2) is 59.7 Å². The van der Waals surface area contributed by atoms with Crippen LogP contribution in [-0.4, -0.2) is 31.6 Å². The molecule has 180 valence electrons. The molecule has 0 aliphatic rings. The number of hydrogen-bond donors (Lipinski definition) is 4. The van der Waals surface area contributed by atoms with Gasteiger partial charge in [-0.2, -0.15) is 13.2 Å². The number of nitrogens with one attached hydrogen (secondary N) is 3. The summed E-state index contributed by atoms with van der Waals surface area (Å²) in [5.41, 5.74) is -3.22. The van der Waals surface area contributed by atoms with Gasteiger partial charge in [0.2, 0.25) is 5.69 Å². The van der Waals surface area contributed by atoms with E-state index in [1.54, 1.807) is 0 Å². The number of H-pyrrole nitrogens is 1. The Morgan fingerprint density at radius 1 is 1.14 bits per heavy atom. The van der Waals surface area contributed by atoms with E-state index in [9.17, 15) is 31.9 Å². The van der Waals surface area contributed by atoms with Crippen LogP contribution in [0.5, 0.6) is 0 Å². The summed E-state index contributed by atoms with van der Waals surface area (Å²) in [4.78, 5) is 40.8. The number of aromatic nitrogens is 3. The third kappa shape index (κ3) is 5.13. The molecule has 4 rings (SSSR count). The van der Waals surface area contributed by atoms with Crippen LogP contribution in [0, 0.1) is 5.82 Å². The minimum atomic E-state index is -4.81. The van der Waals surface area contributed by atoms with Crippen LogP contribution in [0.25, 0.3) is 16.7 Å². The molecule has 2 aromatic carbocycles. The average molecular weight is 489 g/mol. The van der Waals surface area contributed by atoms with E-state index >= 15 is 0 Å². The van der Waals surface area contributed by atoms with Gasteiger partial charge in [-0.1, -0.05) is 6.07 Å². The molecule has 9 nitrogen and oxygen atoms in total. The first-order valence-electron chi connectivity index (χ1n) is 9.87. The third-order valence-corrected chi connectivity index (χ3v) is 4.89. The van der Waals surface area contributed by atoms with Gasteiger partial charge in [0.05, 0.1) is 22.3 Å². The highest BCUT2D eigenvalue weighted by atomic mass is 19.4. The van der Waals surface area contributed by atoms with Gasteiger partial charge >= 0.3 is 18.2 Å². The molecule has 0 spiro atoms. The normalized spacial score (nSPS) is 11.4. The molecule has 0 radical (unpaired) electrons. The van der Waals surface area contributed by atoms with E-state index in [0.29, 0.717) is 11.6 Å². The van der Waals surface area contributed by atoms with Crippen LogP contribution in [0.3, 0.4) is 0 Å². The van der Waals surface area contributed by atoms with Gasteiger partial charge in [-0.3, -0.25) is 4.79 Å². The highest BCUT2D eigenvalue weighted by Gasteiger charge is 2.35. The van der Waals surface area contributed by atoms with Crippen LogP contribution in [0.4, 0.5) is 28.0 Å². The Morgan fingerprint density at radius 2 is 1.91 bits per heavy atom. The van der Waals surface area contributed by atoms with Gasteiger partial charge < -0.3 is 25.3 Å². The van der Waals surface area contributed by atoms with Crippen LogP contribution in [0.2, 0.25) is 0 Å². The van der Waals surface area contributed by atoms with Crippen molar-refractivity contribution in [1.82, 2.24) is 19.9 Å². The van der Waals surface area contributed by atoms with Crippen LogP contribution >= 0.6 is 0 Å². The molecule has 13 heteroatoms. The van der Waals surface area contributed by atoms with E-state index in [1.165, 1.54) is 36.7 Å². The maximum Gasteiger partial charge on any atom is 0.418 e. The van der Waals surface area contributed by atoms with Gasteiger partial charge in [0, 0.05) is 24.6 Å². The van der Waals surface area contributed by atoms with E-state index in [-0.39, 0.29) is 29.0 Å². The zero-order valence-electron chi connectivity index (χ0n) is 17.5. The molecule has 0 unspecified atom stereocenters. The van der Waals surface area contributed by atoms with Gasteiger partial charge in [-0.25, -0.2) is 19.0 Å². The summed E-state index contributed by atoms with van der Waals surface area (Å²) < 4.78 is 55.6. The van der Waals surface area contributed by atoms with Crippen molar-refractivity contribution in [1.29, 1.82) is 0 Å². The number of fused-ring (bicyclic) bond motifs is 1. The van der Waals surface area contributed by atoms with E-state index in [2.05, 4.69) is 20.6 Å². The fourth-order valence-electron chi connectivity index (χ4n) is 3.33. The zero-order valence-corrected chi connectivity index (χ0v) is 17.5. The average Bonchev–Trinajstić information content (AvgIpc) is 3.24. The number of hydrogen-bond acceptors (Lipinski definition) is 4. The van der Waals surface area contributed by atoms with Crippen molar-refractivity contribution in [3.05, 3.63) is 87.9 Å². The van der Waals surface area contributed by atoms with Gasteiger partial charge in [0.25, 0.3) is 5.56 Å². The fourth-order valence-corrected chi connectivity index (χ4v) is 3.33. The number of rotatable bonds is 5. The van der Waals surface area contributed by atoms with E-state index in [0.717, 1.165) is 16.7 Å². The molecule has 2 heterocycles. The molecule has 0 aliphatic carbocycles. The predicted octanol–water partition coefficient (Wildman–Crippen LogP) is 3.89. The summed E-state index contributed by atoms with van der Waals surface area (Å²) >= 11 is 0. The largest absolute Gasteiger partial charge is 0.476 e. The molecular weight excluding hydrogens is 474 g/mol. The minimum absolute atomic E-state index is 0.0577. The first-order valence-corrected chi connectivity index (χ1v) is 9.87. The second-order valence-electron chi connectivity index (χ2n) is 7.35. The number of carboxylic acids is 1. The molecule has 0 aliphatic heterocycles. The summed E-state index contributed by atoms with van der Waals surface area (Å²) in [5.74, 6) is -2.16. The van der Waals surface area contributed by atoms with Gasteiger partial charge in [0.1, 0.15) is 5.82 Å². The number of anilines is 1. The van der Waals surface area contributed by atoms with Crippen molar-refractivity contribution in [2.45, 2.75) is 12.7 Å². The Kier molecular flexibility index (Phi) is 5.99. The maximum absolute atomic E-state index is 13.8. The van der Waals surface area contributed by atoms with Crippen LogP contribution < -0.4 is 16.2 Å². The molecule has 4 N–H and O–H groups in total. The first kappa shape index (κ1) is 23.5. The Hall–Kier alpha value is -4.68. The lowest BCUT2D eigenvalue weighted by molar-refractivity contribution is -0.137. The molecule has 35 heavy (non-hydrogen) atoms. The van der Waals surface area contributed by atoms with Crippen molar-refractivity contribution >= 4 is 28.7 Å². The Bertz CT molecular complexity index is 1510.